The Morgan fingerprint density at radius 1 is 0.784 bits per heavy atom. The van der Waals surface area contributed by atoms with Crippen molar-refractivity contribution in [2.75, 3.05) is 11.4 Å². The Hall–Kier alpha value is -3.50. The summed E-state index contributed by atoms with van der Waals surface area (Å²) in [5, 5.41) is 7.44. The third-order valence-corrected chi connectivity index (χ3v) is 8.62. The molecule has 0 saturated carbocycles. The monoisotopic (exact) mass is 503 g/mol. The second-order valence-corrected chi connectivity index (χ2v) is 11.0. The largest absolute Gasteiger partial charge is 0.339 e. The molecule has 0 amide bonds. The first-order valence-electron chi connectivity index (χ1n) is 13.5. The Morgan fingerprint density at radius 2 is 1.46 bits per heavy atom. The molecule has 186 valence electrons. The molecule has 1 aliphatic rings. The maximum absolute atomic E-state index is 4.97. The van der Waals surface area contributed by atoms with Crippen molar-refractivity contribution in [3.05, 3.63) is 96.6 Å². The minimum atomic E-state index is 0.695. The molecule has 2 heterocycles. The lowest BCUT2D eigenvalue weighted by atomic mass is 9.98. The van der Waals surface area contributed by atoms with Crippen LogP contribution in [0.4, 0.5) is 11.4 Å². The van der Waals surface area contributed by atoms with Gasteiger partial charge in [0.25, 0.3) is 0 Å². The lowest BCUT2D eigenvalue weighted by Crippen LogP contribution is -2.27. The van der Waals surface area contributed by atoms with Gasteiger partial charge in [-0.15, -0.1) is 0 Å². The van der Waals surface area contributed by atoms with Crippen molar-refractivity contribution in [1.82, 2.24) is 4.68 Å². The molecule has 0 bridgehead atoms. The van der Waals surface area contributed by atoms with Gasteiger partial charge in [-0.2, -0.15) is 5.10 Å². The van der Waals surface area contributed by atoms with E-state index in [0.29, 0.717) is 5.92 Å². The number of fused-ring (bicyclic) bond motifs is 5. The van der Waals surface area contributed by atoms with E-state index >= 15 is 0 Å². The smallest absolute Gasteiger partial charge is 0.0732 e. The summed E-state index contributed by atoms with van der Waals surface area (Å²) in [4.78, 5) is 5.19. The lowest BCUT2D eigenvalue weighted by molar-refractivity contribution is 0.457. The molecule has 0 N–H and O–H groups in total. The van der Waals surface area contributed by atoms with Gasteiger partial charge in [0.05, 0.1) is 28.6 Å². The molecule has 4 aromatic carbocycles. The number of hydrogen-bond acceptors (Lipinski definition) is 3. The molecule has 0 fully saturated rings. The van der Waals surface area contributed by atoms with Crippen LogP contribution in [-0.4, -0.2) is 17.4 Å². The highest BCUT2D eigenvalue weighted by atomic mass is 32.2. The summed E-state index contributed by atoms with van der Waals surface area (Å²) in [6.45, 7) is 5.69. The summed E-state index contributed by atoms with van der Waals surface area (Å²) in [6.07, 6.45) is 7.06. The molecule has 0 aliphatic carbocycles. The van der Waals surface area contributed by atoms with Crippen LogP contribution in [0.5, 0.6) is 0 Å². The molecule has 0 spiro atoms. The average Bonchev–Trinajstić information content (AvgIpc) is 3.27. The van der Waals surface area contributed by atoms with Crippen LogP contribution < -0.4 is 4.90 Å². The number of anilines is 2. The van der Waals surface area contributed by atoms with Crippen molar-refractivity contribution in [2.24, 2.45) is 11.0 Å². The lowest BCUT2D eigenvalue weighted by Gasteiger charge is -2.35. The third-order valence-electron chi connectivity index (χ3n) is 7.51. The van der Waals surface area contributed by atoms with Crippen molar-refractivity contribution in [3.8, 4) is 0 Å². The molecule has 5 aromatic rings. The molecule has 1 atom stereocenters. The highest BCUT2D eigenvalue weighted by Gasteiger charge is 2.25. The first-order valence-corrected chi connectivity index (χ1v) is 14.3. The van der Waals surface area contributed by atoms with E-state index in [1.165, 1.54) is 57.6 Å². The molecular weight excluding hydrogens is 470 g/mol. The normalized spacial score (nSPS) is 13.8. The Kier molecular flexibility index (Phi) is 6.75. The Labute approximate surface area is 223 Å². The summed E-state index contributed by atoms with van der Waals surface area (Å²) in [5.74, 6) is 0.695. The zero-order chi connectivity index (χ0) is 25.2. The molecule has 1 aliphatic heterocycles. The zero-order valence-electron chi connectivity index (χ0n) is 21.6. The fourth-order valence-electron chi connectivity index (χ4n) is 5.45. The van der Waals surface area contributed by atoms with E-state index in [1.807, 2.05) is 18.0 Å². The van der Waals surface area contributed by atoms with Gasteiger partial charge in [-0.1, -0.05) is 99.5 Å². The minimum Gasteiger partial charge on any atom is -0.339 e. The second-order valence-electron chi connectivity index (χ2n) is 9.91. The van der Waals surface area contributed by atoms with Crippen molar-refractivity contribution in [2.45, 2.75) is 49.3 Å². The van der Waals surface area contributed by atoms with Crippen molar-refractivity contribution < 1.29 is 0 Å². The van der Waals surface area contributed by atoms with E-state index in [1.54, 1.807) is 0 Å². The van der Waals surface area contributed by atoms with Crippen LogP contribution >= 0.6 is 11.8 Å². The van der Waals surface area contributed by atoms with Gasteiger partial charge < -0.3 is 4.90 Å². The van der Waals surface area contributed by atoms with Crippen LogP contribution in [0, 0.1) is 5.92 Å². The predicted octanol–water partition coefficient (Wildman–Crippen LogP) is 9.50. The van der Waals surface area contributed by atoms with Crippen molar-refractivity contribution in [1.29, 1.82) is 0 Å². The molecule has 0 saturated heterocycles. The summed E-state index contributed by atoms with van der Waals surface area (Å²) in [7, 11) is 0. The molecular formula is C33H33N3S. The Bertz CT molecular complexity index is 1530. The van der Waals surface area contributed by atoms with E-state index in [4.69, 9.17) is 5.10 Å². The number of benzene rings is 4. The van der Waals surface area contributed by atoms with Gasteiger partial charge in [0.2, 0.25) is 0 Å². The van der Waals surface area contributed by atoms with E-state index < -0.39 is 0 Å². The zero-order valence-corrected chi connectivity index (χ0v) is 22.4. The van der Waals surface area contributed by atoms with E-state index in [2.05, 4.69) is 114 Å². The number of para-hydroxylation sites is 3. The SMILES string of the molecule is CCCCC(CC)CN1c2ccccc2Sc2cc(/C=N/n3c4ccccc4c4ccccc43)ccc21. The van der Waals surface area contributed by atoms with Crippen LogP contribution in [0.2, 0.25) is 0 Å². The number of aromatic nitrogens is 1. The molecule has 4 heteroatoms. The Morgan fingerprint density at radius 3 is 2.19 bits per heavy atom. The third kappa shape index (κ3) is 4.55. The van der Waals surface area contributed by atoms with Gasteiger partial charge in [0.15, 0.2) is 0 Å². The number of unbranched alkanes of at least 4 members (excludes halogenated alkanes) is 1. The molecule has 0 radical (unpaired) electrons. The van der Waals surface area contributed by atoms with Crippen LogP contribution in [0.3, 0.4) is 0 Å². The minimum absolute atomic E-state index is 0.695. The quantitative estimate of drug-likeness (QED) is 0.197. The molecule has 3 nitrogen and oxygen atoms in total. The van der Waals surface area contributed by atoms with Gasteiger partial charge in [0, 0.05) is 27.1 Å². The Balaban J connectivity index is 1.36. The van der Waals surface area contributed by atoms with Gasteiger partial charge >= 0.3 is 0 Å². The van der Waals surface area contributed by atoms with Gasteiger partial charge in [-0.25, -0.2) is 4.68 Å². The maximum atomic E-state index is 4.97. The van der Waals surface area contributed by atoms with Crippen LogP contribution in [-0.2, 0) is 0 Å². The van der Waals surface area contributed by atoms with Crippen LogP contribution in [0.1, 0.15) is 45.1 Å². The molecule has 37 heavy (non-hydrogen) atoms. The summed E-state index contributed by atoms with van der Waals surface area (Å²) < 4.78 is 2.07. The first-order chi connectivity index (χ1) is 18.3. The van der Waals surface area contributed by atoms with Gasteiger partial charge in [0.1, 0.15) is 0 Å². The van der Waals surface area contributed by atoms with Gasteiger partial charge in [-0.3, -0.25) is 0 Å². The van der Waals surface area contributed by atoms with Crippen molar-refractivity contribution >= 4 is 51.2 Å². The highest BCUT2D eigenvalue weighted by Crippen LogP contribution is 2.48. The number of rotatable bonds is 8. The predicted molar refractivity (Wildman–Crippen MR) is 160 cm³/mol. The fourth-order valence-corrected chi connectivity index (χ4v) is 6.60. The second kappa shape index (κ2) is 10.5. The molecule has 1 aromatic heterocycles. The first kappa shape index (κ1) is 23.9. The van der Waals surface area contributed by atoms with Crippen LogP contribution in [0.15, 0.2) is 106 Å². The number of hydrogen-bond donors (Lipinski definition) is 0. The fraction of sp³-hybridized carbons (Fsp3) is 0.242. The molecule has 6 rings (SSSR count). The highest BCUT2D eigenvalue weighted by molar-refractivity contribution is 7.99. The van der Waals surface area contributed by atoms with E-state index in [0.717, 1.165) is 23.1 Å². The van der Waals surface area contributed by atoms with E-state index in [-0.39, 0.29) is 0 Å². The standard InChI is InChI=1S/C33H33N3S/c1-3-5-12-24(4-2)23-35-30-17-10-11-18-32(30)37-33-21-25(19-20-31(33)35)22-34-36-28-15-8-6-13-26(28)27-14-7-9-16-29(27)36/h6-11,13-22,24H,3-5,12,23H2,1-2H3/b34-22+. The summed E-state index contributed by atoms with van der Waals surface area (Å²) >= 11 is 1.87. The van der Waals surface area contributed by atoms with E-state index in [9.17, 15) is 0 Å². The topological polar surface area (TPSA) is 20.5 Å². The molecule has 1 unspecified atom stereocenters. The number of nitrogens with zero attached hydrogens (tertiary/aromatic N) is 3. The summed E-state index contributed by atoms with van der Waals surface area (Å²) in [6, 6.07) is 32.6. The van der Waals surface area contributed by atoms with Crippen LogP contribution in [0.25, 0.3) is 21.8 Å². The van der Waals surface area contributed by atoms with Crippen molar-refractivity contribution in [3.63, 3.8) is 0 Å². The van der Waals surface area contributed by atoms with Gasteiger partial charge in [-0.05, 0) is 54.3 Å². The summed E-state index contributed by atoms with van der Waals surface area (Å²) in [5.41, 5.74) is 6.02. The maximum Gasteiger partial charge on any atom is 0.0732 e. The average molecular weight is 504 g/mol.